The summed E-state index contributed by atoms with van der Waals surface area (Å²) in [5, 5.41) is 3.17. The lowest BCUT2D eigenvalue weighted by molar-refractivity contribution is 0.0283. The van der Waals surface area contributed by atoms with E-state index in [2.05, 4.69) is 5.32 Å². The van der Waals surface area contributed by atoms with Gasteiger partial charge in [-0.15, -0.1) is 0 Å². The molecule has 0 aromatic rings. The molecule has 0 aromatic heterocycles. The molecule has 1 saturated carbocycles. The van der Waals surface area contributed by atoms with Gasteiger partial charge in [0, 0.05) is 12.5 Å². The minimum atomic E-state index is -2.45. The zero-order valence-electron chi connectivity index (χ0n) is 8.72. The van der Waals surface area contributed by atoms with Crippen LogP contribution in [0.15, 0.2) is 0 Å². The van der Waals surface area contributed by atoms with Crippen LogP contribution in [0.2, 0.25) is 0 Å². The molecule has 2 aliphatic heterocycles. The minimum Gasteiger partial charge on any atom is -0.378 e. The highest BCUT2D eigenvalue weighted by Crippen LogP contribution is 2.63. The smallest absolute Gasteiger partial charge is 0.257 e. The highest BCUT2D eigenvalue weighted by molar-refractivity contribution is 5.12. The molecule has 4 unspecified atom stereocenters. The van der Waals surface area contributed by atoms with Gasteiger partial charge in [-0.3, -0.25) is 0 Å². The van der Waals surface area contributed by atoms with Gasteiger partial charge in [-0.2, -0.15) is 0 Å². The summed E-state index contributed by atoms with van der Waals surface area (Å²) in [6.07, 6.45) is 2.53. The van der Waals surface area contributed by atoms with E-state index in [1.54, 1.807) is 0 Å². The second kappa shape index (κ2) is 3.39. The lowest BCUT2D eigenvalue weighted by Crippen LogP contribution is -2.15. The molecule has 0 aromatic carbocycles. The summed E-state index contributed by atoms with van der Waals surface area (Å²) in [5.74, 6) is -3.17. The minimum absolute atomic E-state index is 0.161. The van der Waals surface area contributed by atoms with Crippen molar-refractivity contribution < 1.29 is 13.5 Å². The van der Waals surface area contributed by atoms with Crippen molar-refractivity contribution in [1.29, 1.82) is 0 Å². The van der Waals surface area contributed by atoms with Crippen molar-refractivity contribution in [2.75, 3.05) is 19.7 Å². The lowest BCUT2D eigenvalue weighted by Gasteiger charge is -2.09. The summed E-state index contributed by atoms with van der Waals surface area (Å²) in [5.41, 5.74) is 0. The molecule has 2 saturated heterocycles. The van der Waals surface area contributed by atoms with E-state index in [4.69, 9.17) is 4.74 Å². The molecule has 0 spiro atoms. The zero-order chi connectivity index (χ0) is 10.5. The van der Waals surface area contributed by atoms with Gasteiger partial charge in [-0.05, 0) is 38.3 Å². The summed E-state index contributed by atoms with van der Waals surface area (Å²) in [4.78, 5) is 0. The molecule has 0 bridgehead atoms. The van der Waals surface area contributed by atoms with Gasteiger partial charge in [0.2, 0.25) is 0 Å². The number of hydrogen-bond donors (Lipinski definition) is 1. The van der Waals surface area contributed by atoms with E-state index in [1.807, 2.05) is 0 Å². The molecule has 86 valence electrons. The molecule has 2 heterocycles. The van der Waals surface area contributed by atoms with Crippen molar-refractivity contribution in [3.8, 4) is 0 Å². The summed E-state index contributed by atoms with van der Waals surface area (Å²) < 4.78 is 32.7. The van der Waals surface area contributed by atoms with Gasteiger partial charge in [-0.25, -0.2) is 8.78 Å². The number of alkyl halides is 2. The predicted octanol–water partition coefficient (Wildman–Crippen LogP) is 1.66. The van der Waals surface area contributed by atoms with Crippen LogP contribution >= 0.6 is 0 Å². The number of nitrogens with one attached hydrogen (secondary N) is 1. The first-order valence-electron chi connectivity index (χ1n) is 5.91. The monoisotopic (exact) mass is 217 g/mol. The van der Waals surface area contributed by atoms with E-state index in [1.165, 1.54) is 0 Å². The van der Waals surface area contributed by atoms with Crippen LogP contribution < -0.4 is 5.32 Å². The molecule has 3 aliphatic rings. The Bertz CT molecular complexity index is 223. The van der Waals surface area contributed by atoms with Gasteiger partial charge in [0.25, 0.3) is 5.92 Å². The Balaban J connectivity index is 1.68. The second-order valence-electron chi connectivity index (χ2n) is 5.03. The molecule has 3 fully saturated rings. The normalized spacial score (nSPS) is 48.4. The van der Waals surface area contributed by atoms with Crippen LogP contribution in [0.25, 0.3) is 0 Å². The van der Waals surface area contributed by atoms with Gasteiger partial charge in [0.1, 0.15) is 0 Å². The Morgan fingerprint density at radius 2 is 2.07 bits per heavy atom. The Hall–Kier alpha value is -0.220. The fourth-order valence-electron chi connectivity index (χ4n) is 3.33. The lowest BCUT2D eigenvalue weighted by atomic mass is 9.99. The first-order valence-corrected chi connectivity index (χ1v) is 5.91. The average Bonchev–Trinajstić information content (AvgIpc) is 2.78. The zero-order valence-corrected chi connectivity index (χ0v) is 8.72. The SMILES string of the molecule is FC1(F)C(C2CCNC2)C1C1CCCO1. The van der Waals surface area contributed by atoms with Crippen molar-refractivity contribution in [1.82, 2.24) is 5.32 Å². The first-order chi connectivity index (χ1) is 7.21. The van der Waals surface area contributed by atoms with Crippen LogP contribution in [0.4, 0.5) is 8.78 Å². The molecule has 0 amide bonds. The van der Waals surface area contributed by atoms with E-state index in [-0.39, 0.29) is 12.0 Å². The topological polar surface area (TPSA) is 21.3 Å². The summed E-state index contributed by atoms with van der Waals surface area (Å²) in [6.45, 7) is 2.34. The molecule has 0 radical (unpaired) electrons. The number of ether oxygens (including phenoxy) is 1. The first kappa shape index (κ1) is 9.97. The van der Waals surface area contributed by atoms with Crippen molar-refractivity contribution in [3.63, 3.8) is 0 Å². The molecule has 2 nitrogen and oxygen atoms in total. The van der Waals surface area contributed by atoms with Gasteiger partial charge < -0.3 is 10.1 Å². The molecule has 1 aliphatic carbocycles. The third-order valence-electron chi connectivity index (χ3n) is 4.14. The Labute approximate surface area is 88.4 Å². The highest BCUT2D eigenvalue weighted by atomic mass is 19.3. The molecule has 4 atom stereocenters. The summed E-state index contributed by atoms with van der Waals surface area (Å²) in [7, 11) is 0. The van der Waals surface area contributed by atoms with Crippen LogP contribution in [0.1, 0.15) is 19.3 Å². The number of halogens is 2. The Morgan fingerprint density at radius 3 is 2.67 bits per heavy atom. The van der Waals surface area contributed by atoms with Crippen molar-refractivity contribution >= 4 is 0 Å². The predicted molar refractivity (Wildman–Crippen MR) is 51.9 cm³/mol. The number of hydrogen-bond acceptors (Lipinski definition) is 2. The summed E-state index contributed by atoms with van der Waals surface area (Å²) >= 11 is 0. The highest BCUT2D eigenvalue weighted by Gasteiger charge is 2.73. The van der Waals surface area contributed by atoms with E-state index < -0.39 is 17.8 Å². The molecule has 1 N–H and O–H groups in total. The standard InChI is InChI=1S/C11H17F2NO/c12-11(13)9(7-3-4-14-6-7)10(11)8-2-1-5-15-8/h7-10,14H,1-6H2. The average molecular weight is 217 g/mol. The molecular weight excluding hydrogens is 200 g/mol. The second-order valence-corrected chi connectivity index (χ2v) is 5.03. The third-order valence-corrected chi connectivity index (χ3v) is 4.14. The van der Waals surface area contributed by atoms with Crippen molar-refractivity contribution in [3.05, 3.63) is 0 Å². The van der Waals surface area contributed by atoms with Crippen LogP contribution in [-0.2, 0) is 4.74 Å². The fourth-order valence-corrected chi connectivity index (χ4v) is 3.33. The van der Waals surface area contributed by atoms with Gasteiger partial charge in [0.15, 0.2) is 0 Å². The van der Waals surface area contributed by atoms with Gasteiger partial charge in [0.05, 0.1) is 12.0 Å². The van der Waals surface area contributed by atoms with E-state index in [9.17, 15) is 8.78 Å². The van der Waals surface area contributed by atoms with Crippen LogP contribution in [-0.4, -0.2) is 31.7 Å². The molecule has 4 heteroatoms. The van der Waals surface area contributed by atoms with Gasteiger partial charge in [-0.1, -0.05) is 0 Å². The maximum absolute atomic E-state index is 13.7. The summed E-state index contributed by atoms with van der Waals surface area (Å²) in [6, 6.07) is 0. The molecular formula is C11H17F2NO. The maximum atomic E-state index is 13.7. The van der Waals surface area contributed by atoms with E-state index in [0.717, 1.165) is 32.4 Å². The van der Waals surface area contributed by atoms with Crippen LogP contribution in [0.5, 0.6) is 0 Å². The molecule has 15 heavy (non-hydrogen) atoms. The molecule has 3 rings (SSSR count). The Kier molecular flexibility index (Phi) is 2.25. The van der Waals surface area contributed by atoms with Crippen LogP contribution in [0.3, 0.4) is 0 Å². The fraction of sp³-hybridized carbons (Fsp3) is 1.00. The maximum Gasteiger partial charge on any atom is 0.257 e. The largest absolute Gasteiger partial charge is 0.378 e. The van der Waals surface area contributed by atoms with E-state index >= 15 is 0 Å². The number of rotatable bonds is 2. The Morgan fingerprint density at radius 1 is 1.20 bits per heavy atom. The van der Waals surface area contributed by atoms with Gasteiger partial charge >= 0.3 is 0 Å². The van der Waals surface area contributed by atoms with Crippen molar-refractivity contribution in [2.24, 2.45) is 17.8 Å². The van der Waals surface area contributed by atoms with Crippen molar-refractivity contribution in [2.45, 2.75) is 31.3 Å². The van der Waals surface area contributed by atoms with E-state index in [0.29, 0.717) is 6.61 Å². The quantitative estimate of drug-likeness (QED) is 0.759. The van der Waals surface area contributed by atoms with Crippen LogP contribution in [0, 0.1) is 17.8 Å². The third kappa shape index (κ3) is 1.49.